The summed E-state index contributed by atoms with van der Waals surface area (Å²) >= 11 is 0. The third-order valence-electron chi connectivity index (χ3n) is 2.57. The summed E-state index contributed by atoms with van der Waals surface area (Å²) < 4.78 is 0. The third-order valence-corrected chi connectivity index (χ3v) is 2.57. The van der Waals surface area contributed by atoms with E-state index < -0.39 is 0 Å². The zero-order valence-electron chi connectivity index (χ0n) is 9.96. The molecule has 0 bridgehead atoms. The summed E-state index contributed by atoms with van der Waals surface area (Å²) in [4.78, 5) is 22.3. The average molecular weight is 198 g/mol. The van der Waals surface area contributed by atoms with E-state index in [2.05, 4.69) is 0 Å². The maximum atomic E-state index is 11.6. The van der Waals surface area contributed by atoms with Crippen molar-refractivity contribution in [3.8, 4) is 0 Å². The number of Topliss-reactive ketones (excluding diaryl/α,β-unsaturated/α-hetero) is 1. The molecule has 2 heteroatoms. The van der Waals surface area contributed by atoms with Crippen molar-refractivity contribution in [2.75, 3.05) is 0 Å². The Morgan fingerprint density at radius 3 is 2.07 bits per heavy atom. The van der Waals surface area contributed by atoms with Crippen LogP contribution < -0.4 is 0 Å². The summed E-state index contributed by atoms with van der Waals surface area (Å²) in [6, 6.07) is 0. The van der Waals surface area contributed by atoms with Crippen LogP contribution in [0, 0.1) is 17.3 Å². The van der Waals surface area contributed by atoms with E-state index >= 15 is 0 Å². The number of hydrogen-bond acceptors (Lipinski definition) is 2. The van der Waals surface area contributed by atoms with E-state index in [0.29, 0.717) is 18.8 Å². The first kappa shape index (κ1) is 13.3. The molecule has 0 spiro atoms. The minimum atomic E-state index is -0.273. The Morgan fingerprint density at radius 2 is 1.79 bits per heavy atom. The number of ketones is 1. The normalized spacial score (nSPS) is 14.1. The maximum Gasteiger partial charge on any atom is 0.138 e. The van der Waals surface area contributed by atoms with Crippen LogP contribution >= 0.6 is 0 Å². The Morgan fingerprint density at radius 1 is 1.29 bits per heavy atom. The summed E-state index contributed by atoms with van der Waals surface area (Å²) in [5, 5.41) is 0. The van der Waals surface area contributed by atoms with Gasteiger partial charge in [0, 0.05) is 17.8 Å². The molecule has 0 saturated heterocycles. The number of carbonyl (C=O) groups is 2. The molecular weight excluding hydrogens is 176 g/mol. The van der Waals surface area contributed by atoms with Gasteiger partial charge in [0.1, 0.15) is 12.1 Å². The fraction of sp³-hybridized carbons (Fsp3) is 0.833. The molecule has 0 fully saturated rings. The highest BCUT2D eigenvalue weighted by atomic mass is 16.1. The van der Waals surface area contributed by atoms with Crippen molar-refractivity contribution in [3.05, 3.63) is 0 Å². The van der Waals surface area contributed by atoms with Crippen LogP contribution in [0.5, 0.6) is 0 Å². The van der Waals surface area contributed by atoms with Gasteiger partial charge in [0.25, 0.3) is 0 Å². The smallest absolute Gasteiger partial charge is 0.138 e. The molecule has 0 heterocycles. The summed E-state index contributed by atoms with van der Waals surface area (Å²) in [6.45, 7) is 9.78. The molecule has 0 aliphatic heterocycles. The number of hydrogen-bond donors (Lipinski definition) is 0. The number of aldehydes is 1. The molecular formula is C12H22O2. The lowest BCUT2D eigenvalue weighted by Crippen LogP contribution is -2.22. The molecule has 0 aliphatic carbocycles. The zero-order chi connectivity index (χ0) is 11.4. The van der Waals surface area contributed by atoms with Crippen molar-refractivity contribution in [1.82, 2.24) is 0 Å². The second-order valence-corrected chi connectivity index (χ2v) is 5.26. The van der Waals surface area contributed by atoms with Crippen LogP contribution in [0.25, 0.3) is 0 Å². The van der Waals surface area contributed by atoms with Crippen LogP contribution in [0.4, 0.5) is 0 Å². The predicted molar refractivity (Wildman–Crippen MR) is 58.1 cm³/mol. The molecule has 1 atom stereocenters. The van der Waals surface area contributed by atoms with E-state index in [0.717, 1.165) is 6.29 Å². The monoisotopic (exact) mass is 198 g/mol. The van der Waals surface area contributed by atoms with Gasteiger partial charge in [0.05, 0.1) is 0 Å². The van der Waals surface area contributed by atoms with Crippen molar-refractivity contribution in [2.45, 2.75) is 47.5 Å². The lowest BCUT2D eigenvalue weighted by molar-refractivity contribution is -0.126. The van der Waals surface area contributed by atoms with Crippen LogP contribution in [-0.2, 0) is 9.59 Å². The summed E-state index contributed by atoms with van der Waals surface area (Å²) in [5.41, 5.74) is -0.273. The van der Waals surface area contributed by atoms with Gasteiger partial charge in [-0.05, 0) is 12.3 Å². The highest BCUT2D eigenvalue weighted by molar-refractivity contribution is 5.83. The number of rotatable bonds is 5. The second kappa shape index (κ2) is 5.28. The first-order chi connectivity index (χ1) is 6.29. The molecule has 0 aromatic rings. The molecule has 14 heavy (non-hydrogen) atoms. The van der Waals surface area contributed by atoms with Crippen molar-refractivity contribution < 1.29 is 9.59 Å². The molecule has 2 nitrogen and oxygen atoms in total. The van der Waals surface area contributed by atoms with Gasteiger partial charge < -0.3 is 4.79 Å². The van der Waals surface area contributed by atoms with E-state index in [9.17, 15) is 9.59 Å². The van der Waals surface area contributed by atoms with Gasteiger partial charge in [0.15, 0.2) is 0 Å². The van der Waals surface area contributed by atoms with Gasteiger partial charge in [-0.25, -0.2) is 0 Å². The molecule has 0 amide bonds. The van der Waals surface area contributed by atoms with Crippen LogP contribution in [-0.4, -0.2) is 12.1 Å². The van der Waals surface area contributed by atoms with Crippen molar-refractivity contribution >= 4 is 12.1 Å². The maximum absolute atomic E-state index is 11.6. The van der Waals surface area contributed by atoms with E-state index in [1.54, 1.807) is 0 Å². The standard InChI is InChI=1S/C12H22O2/c1-9(2)10(8-13)6-7-11(14)12(3,4)5/h8-10H,6-7H2,1-5H3/t10-/m1/s1. The Kier molecular flexibility index (Phi) is 5.03. The Hall–Kier alpha value is -0.660. The summed E-state index contributed by atoms with van der Waals surface area (Å²) in [6.07, 6.45) is 2.18. The molecule has 0 aliphatic rings. The molecule has 0 rings (SSSR count). The predicted octanol–water partition coefficient (Wildman–Crippen LogP) is 2.85. The Balaban J connectivity index is 4.05. The highest BCUT2D eigenvalue weighted by Crippen LogP contribution is 2.21. The van der Waals surface area contributed by atoms with Crippen molar-refractivity contribution in [3.63, 3.8) is 0 Å². The SMILES string of the molecule is CC(C)[C@@H](C=O)CCC(=O)C(C)(C)C. The fourth-order valence-electron chi connectivity index (χ4n) is 1.23. The first-order valence-corrected chi connectivity index (χ1v) is 5.27. The van der Waals surface area contributed by atoms with Crippen molar-refractivity contribution in [2.24, 2.45) is 17.3 Å². The highest BCUT2D eigenvalue weighted by Gasteiger charge is 2.22. The summed E-state index contributed by atoms with van der Waals surface area (Å²) in [7, 11) is 0. The van der Waals surface area contributed by atoms with Gasteiger partial charge >= 0.3 is 0 Å². The average Bonchev–Trinajstić information content (AvgIpc) is 2.02. The minimum Gasteiger partial charge on any atom is -0.303 e. The van der Waals surface area contributed by atoms with Gasteiger partial charge in [-0.3, -0.25) is 4.79 Å². The largest absolute Gasteiger partial charge is 0.303 e. The van der Waals surface area contributed by atoms with Crippen LogP contribution in [0.2, 0.25) is 0 Å². The van der Waals surface area contributed by atoms with Gasteiger partial charge in [-0.2, -0.15) is 0 Å². The molecule has 0 aromatic carbocycles. The summed E-state index contributed by atoms with van der Waals surface area (Å²) in [5.74, 6) is 0.603. The topological polar surface area (TPSA) is 34.1 Å². The Labute approximate surface area is 87.1 Å². The van der Waals surface area contributed by atoms with Gasteiger partial charge in [-0.15, -0.1) is 0 Å². The molecule has 0 aromatic heterocycles. The molecule has 82 valence electrons. The van der Waals surface area contributed by atoms with Crippen LogP contribution in [0.3, 0.4) is 0 Å². The zero-order valence-corrected chi connectivity index (χ0v) is 9.96. The van der Waals surface area contributed by atoms with E-state index in [-0.39, 0.29) is 17.1 Å². The van der Waals surface area contributed by atoms with Crippen LogP contribution in [0.1, 0.15) is 47.5 Å². The van der Waals surface area contributed by atoms with E-state index in [1.807, 2.05) is 34.6 Å². The minimum absolute atomic E-state index is 0.0290. The lowest BCUT2D eigenvalue weighted by atomic mass is 9.84. The van der Waals surface area contributed by atoms with E-state index in [1.165, 1.54) is 0 Å². The first-order valence-electron chi connectivity index (χ1n) is 5.27. The third kappa shape index (κ3) is 4.54. The number of carbonyl (C=O) groups excluding carboxylic acids is 2. The fourth-order valence-corrected chi connectivity index (χ4v) is 1.23. The molecule has 0 saturated carbocycles. The molecule has 0 radical (unpaired) electrons. The second-order valence-electron chi connectivity index (χ2n) is 5.26. The Bertz CT molecular complexity index is 199. The quantitative estimate of drug-likeness (QED) is 0.636. The lowest BCUT2D eigenvalue weighted by Gasteiger charge is -2.19. The molecule has 0 unspecified atom stereocenters. The van der Waals surface area contributed by atoms with Crippen molar-refractivity contribution in [1.29, 1.82) is 0 Å². The van der Waals surface area contributed by atoms with E-state index in [4.69, 9.17) is 0 Å². The molecule has 0 N–H and O–H groups in total. The van der Waals surface area contributed by atoms with Gasteiger partial charge in [-0.1, -0.05) is 34.6 Å². The van der Waals surface area contributed by atoms with Gasteiger partial charge in [0.2, 0.25) is 0 Å². The van der Waals surface area contributed by atoms with Crippen LogP contribution in [0.15, 0.2) is 0 Å².